The Hall–Kier alpha value is -1.40. The van der Waals surface area contributed by atoms with Gasteiger partial charge in [-0.3, -0.25) is 4.57 Å². The number of fused-ring (bicyclic) bond motifs is 1. The molecule has 7 heteroatoms. The van der Waals surface area contributed by atoms with Crippen molar-refractivity contribution in [1.29, 1.82) is 0 Å². The van der Waals surface area contributed by atoms with Crippen molar-refractivity contribution in [1.82, 2.24) is 19.3 Å². The quantitative estimate of drug-likeness (QED) is 0.653. The summed E-state index contributed by atoms with van der Waals surface area (Å²) in [4.78, 5) is 4.54. The number of aryl methyl sites for hydroxylation is 2. The van der Waals surface area contributed by atoms with Crippen LogP contribution in [0.5, 0.6) is 0 Å². The molecule has 0 aliphatic heterocycles. The molecule has 0 radical (unpaired) electrons. The van der Waals surface area contributed by atoms with Crippen molar-refractivity contribution in [3.8, 4) is 5.69 Å². The first-order valence-electron chi connectivity index (χ1n) is 6.52. The molecule has 1 aromatic carbocycles. The van der Waals surface area contributed by atoms with E-state index in [-0.39, 0.29) is 11.7 Å². The second kappa shape index (κ2) is 5.42. The first-order chi connectivity index (χ1) is 10.1. The number of aromatic nitrogens is 4. The van der Waals surface area contributed by atoms with Crippen LogP contribution in [0.15, 0.2) is 22.7 Å². The Labute approximate surface area is 134 Å². The second-order valence-corrected chi connectivity index (χ2v) is 5.79. The van der Waals surface area contributed by atoms with Gasteiger partial charge in [0.05, 0.1) is 17.3 Å². The Morgan fingerprint density at radius 3 is 2.76 bits per heavy atom. The standard InChI is InChI=1S/C14H13BrClFN4/c1-3-10-12-14(20(2)19-10)21(11(7-16)18-12)13-8(15)5-4-6-9(13)17/h4-6H,3,7H2,1-2H3. The van der Waals surface area contributed by atoms with Gasteiger partial charge < -0.3 is 0 Å². The first-order valence-corrected chi connectivity index (χ1v) is 7.84. The molecule has 21 heavy (non-hydrogen) atoms. The van der Waals surface area contributed by atoms with Gasteiger partial charge in [-0.25, -0.2) is 14.1 Å². The van der Waals surface area contributed by atoms with Crippen molar-refractivity contribution in [3.63, 3.8) is 0 Å². The molecule has 3 rings (SSSR count). The molecule has 0 saturated carbocycles. The number of hydrogen-bond donors (Lipinski definition) is 0. The number of rotatable bonds is 3. The van der Waals surface area contributed by atoms with Gasteiger partial charge in [0.15, 0.2) is 5.65 Å². The van der Waals surface area contributed by atoms with E-state index in [2.05, 4.69) is 26.0 Å². The largest absolute Gasteiger partial charge is 0.276 e. The van der Waals surface area contributed by atoms with Gasteiger partial charge in [0.1, 0.15) is 17.2 Å². The van der Waals surface area contributed by atoms with Crippen molar-refractivity contribution in [2.24, 2.45) is 7.05 Å². The van der Waals surface area contributed by atoms with E-state index in [1.54, 1.807) is 21.4 Å². The number of para-hydroxylation sites is 1. The Morgan fingerprint density at radius 1 is 1.38 bits per heavy atom. The first kappa shape index (κ1) is 14.5. The molecule has 2 aromatic heterocycles. The fourth-order valence-corrected chi connectivity index (χ4v) is 3.19. The summed E-state index contributed by atoms with van der Waals surface area (Å²) >= 11 is 9.42. The van der Waals surface area contributed by atoms with Crippen molar-refractivity contribution in [2.45, 2.75) is 19.2 Å². The minimum absolute atomic E-state index is 0.193. The molecule has 2 heterocycles. The molecule has 0 unspecified atom stereocenters. The van der Waals surface area contributed by atoms with Crippen LogP contribution in [0.4, 0.5) is 4.39 Å². The van der Waals surface area contributed by atoms with Crippen LogP contribution in [0, 0.1) is 5.82 Å². The summed E-state index contributed by atoms with van der Waals surface area (Å²) in [5.74, 6) is 0.452. The second-order valence-electron chi connectivity index (χ2n) is 4.66. The van der Waals surface area contributed by atoms with Gasteiger partial charge in [-0.2, -0.15) is 5.10 Å². The van der Waals surface area contributed by atoms with Crippen LogP contribution in [0.1, 0.15) is 18.4 Å². The van der Waals surface area contributed by atoms with Crippen molar-refractivity contribution >= 4 is 38.7 Å². The van der Waals surface area contributed by atoms with Crippen LogP contribution in [0.2, 0.25) is 0 Å². The highest BCUT2D eigenvalue weighted by atomic mass is 79.9. The third-order valence-corrected chi connectivity index (χ3v) is 4.27. The molecule has 0 fully saturated rings. The molecule has 3 aromatic rings. The average molecular weight is 372 g/mol. The van der Waals surface area contributed by atoms with Gasteiger partial charge in [0.25, 0.3) is 0 Å². The van der Waals surface area contributed by atoms with E-state index in [1.165, 1.54) is 6.07 Å². The lowest BCUT2D eigenvalue weighted by Crippen LogP contribution is -2.07. The molecule has 0 bridgehead atoms. The third-order valence-electron chi connectivity index (χ3n) is 3.39. The summed E-state index contributed by atoms with van der Waals surface area (Å²) < 4.78 is 18.4. The van der Waals surface area contributed by atoms with E-state index < -0.39 is 0 Å². The van der Waals surface area contributed by atoms with E-state index >= 15 is 0 Å². The molecule has 0 N–H and O–H groups in total. The van der Waals surface area contributed by atoms with Crippen LogP contribution >= 0.6 is 27.5 Å². The number of benzene rings is 1. The van der Waals surface area contributed by atoms with Crippen LogP contribution in [-0.4, -0.2) is 19.3 Å². The molecule has 0 saturated heterocycles. The van der Waals surface area contributed by atoms with Gasteiger partial charge in [-0.1, -0.05) is 13.0 Å². The zero-order valence-electron chi connectivity index (χ0n) is 11.6. The molecule has 0 atom stereocenters. The summed E-state index contributed by atoms with van der Waals surface area (Å²) in [5, 5.41) is 4.44. The summed E-state index contributed by atoms with van der Waals surface area (Å²) in [6.07, 6.45) is 0.758. The van der Waals surface area contributed by atoms with Crippen LogP contribution < -0.4 is 0 Å². The topological polar surface area (TPSA) is 35.6 Å². The van der Waals surface area contributed by atoms with E-state index in [4.69, 9.17) is 11.6 Å². The highest BCUT2D eigenvalue weighted by molar-refractivity contribution is 9.10. The maximum atomic E-state index is 14.3. The lowest BCUT2D eigenvalue weighted by molar-refractivity contribution is 0.614. The number of hydrogen-bond acceptors (Lipinski definition) is 2. The molecule has 0 spiro atoms. The zero-order chi connectivity index (χ0) is 15.1. The van der Waals surface area contributed by atoms with Crippen molar-refractivity contribution in [2.75, 3.05) is 0 Å². The Bertz CT molecular complexity index is 804. The summed E-state index contributed by atoms with van der Waals surface area (Å²) in [6.45, 7) is 2.01. The third kappa shape index (κ3) is 2.17. The van der Waals surface area contributed by atoms with Gasteiger partial charge in [-0.15, -0.1) is 11.6 Å². The lowest BCUT2D eigenvalue weighted by atomic mass is 10.3. The fourth-order valence-electron chi connectivity index (χ4n) is 2.49. The van der Waals surface area contributed by atoms with E-state index in [1.807, 2.05) is 14.0 Å². The number of imidazole rings is 1. The highest BCUT2D eigenvalue weighted by Crippen LogP contribution is 2.31. The highest BCUT2D eigenvalue weighted by Gasteiger charge is 2.22. The molecule has 0 aliphatic carbocycles. The van der Waals surface area contributed by atoms with Gasteiger partial charge in [-0.05, 0) is 34.5 Å². The van der Waals surface area contributed by atoms with Crippen LogP contribution in [0.25, 0.3) is 16.9 Å². The predicted octanol–water partition coefficient (Wildman–Crippen LogP) is 3.96. The fraction of sp³-hybridized carbons (Fsp3) is 0.286. The maximum Gasteiger partial charge on any atom is 0.163 e. The van der Waals surface area contributed by atoms with E-state index in [0.29, 0.717) is 16.0 Å². The summed E-state index contributed by atoms with van der Waals surface area (Å²) in [5.41, 5.74) is 2.80. The van der Waals surface area contributed by atoms with E-state index in [9.17, 15) is 4.39 Å². The number of alkyl halides is 1. The molecular weight excluding hydrogens is 359 g/mol. The van der Waals surface area contributed by atoms with Crippen molar-refractivity contribution < 1.29 is 4.39 Å². The molecule has 0 amide bonds. The monoisotopic (exact) mass is 370 g/mol. The maximum absolute atomic E-state index is 14.3. The minimum atomic E-state index is -0.339. The molecular formula is C14H13BrClFN4. The number of halogens is 3. The van der Waals surface area contributed by atoms with Crippen LogP contribution in [-0.2, 0) is 19.3 Å². The number of nitrogens with zero attached hydrogens (tertiary/aromatic N) is 4. The average Bonchev–Trinajstić information content (AvgIpc) is 2.97. The summed E-state index contributed by atoms with van der Waals surface area (Å²) in [6, 6.07) is 4.86. The SMILES string of the molecule is CCc1nn(C)c2c1nc(CCl)n2-c1c(F)cccc1Br. The van der Waals surface area contributed by atoms with Gasteiger partial charge in [0, 0.05) is 11.5 Å². The Morgan fingerprint density at radius 2 is 2.14 bits per heavy atom. The summed E-state index contributed by atoms with van der Waals surface area (Å²) in [7, 11) is 1.83. The zero-order valence-corrected chi connectivity index (χ0v) is 13.9. The minimum Gasteiger partial charge on any atom is -0.276 e. The Balaban J connectivity index is 2.44. The van der Waals surface area contributed by atoms with Gasteiger partial charge in [0.2, 0.25) is 0 Å². The Kier molecular flexibility index (Phi) is 3.75. The normalized spacial score (nSPS) is 11.5. The molecule has 4 nitrogen and oxygen atoms in total. The lowest BCUT2D eigenvalue weighted by Gasteiger charge is -2.11. The van der Waals surface area contributed by atoms with Crippen LogP contribution in [0.3, 0.4) is 0 Å². The van der Waals surface area contributed by atoms with E-state index in [0.717, 1.165) is 23.3 Å². The smallest absolute Gasteiger partial charge is 0.163 e. The van der Waals surface area contributed by atoms with Gasteiger partial charge >= 0.3 is 0 Å². The van der Waals surface area contributed by atoms with Crippen molar-refractivity contribution in [3.05, 3.63) is 40.0 Å². The molecule has 110 valence electrons. The predicted molar refractivity (Wildman–Crippen MR) is 84.4 cm³/mol. The molecule has 0 aliphatic rings.